The van der Waals surface area contributed by atoms with Crippen LogP contribution in [0.15, 0.2) is 47.4 Å². The van der Waals surface area contributed by atoms with Gasteiger partial charge in [-0.2, -0.15) is 4.98 Å². The molecule has 1 aromatic carbocycles. The van der Waals surface area contributed by atoms with Gasteiger partial charge in [0.15, 0.2) is 6.23 Å². The summed E-state index contributed by atoms with van der Waals surface area (Å²) in [6.07, 6.45) is 2.15. The summed E-state index contributed by atoms with van der Waals surface area (Å²) >= 11 is 0. The molecule has 2 aliphatic rings. The minimum Gasteiger partial charge on any atom is -0.348 e. The van der Waals surface area contributed by atoms with Gasteiger partial charge in [-0.1, -0.05) is 32.0 Å². The minimum atomic E-state index is -0.436. The van der Waals surface area contributed by atoms with Gasteiger partial charge in [0.25, 0.3) is 5.91 Å². The Balaban J connectivity index is 1.54. The number of anilines is 1. The number of hydrogen-bond acceptors (Lipinski definition) is 5. The molecule has 0 spiro atoms. The molecule has 2 bridgehead atoms. The second kappa shape index (κ2) is 6.34. The Labute approximate surface area is 151 Å². The first kappa shape index (κ1) is 16.9. The van der Waals surface area contributed by atoms with Crippen molar-refractivity contribution in [2.45, 2.75) is 38.1 Å². The molecule has 136 valence electrons. The van der Waals surface area contributed by atoms with Gasteiger partial charge in [-0.15, -0.1) is 0 Å². The number of aromatic nitrogens is 2. The number of carbonyl (C=O) groups is 1. The molecule has 4 atom stereocenters. The van der Waals surface area contributed by atoms with E-state index in [0.717, 1.165) is 13.0 Å². The van der Waals surface area contributed by atoms with E-state index < -0.39 is 5.69 Å². The number of nitrogens with zero attached hydrogens (tertiary/aromatic N) is 2. The summed E-state index contributed by atoms with van der Waals surface area (Å²) in [6, 6.07) is 10.5. The quantitative estimate of drug-likeness (QED) is 0.874. The monoisotopic (exact) mass is 354 g/mol. The van der Waals surface area contributed by atoms with Crippen LogP contribution in [0.2, 0.25) is 0 Å². The maximum atomic E-state index is 12.5. The molecular weight excluding hydrogens is 332 g/mol. The lowest BCUT2D eigenvalue weighted by Crippen LogP contribution is -2.45. The largest absolute Gasteiger partial charge is 0.351 e. The van der Waals surface area contributed by atoms with E-state index >= 15 is 0 Å². The lowest BCUT2D eigenvalue weighted by atomic mass is 9.88. The Morgan fingerprint density at radius 2 is 2.15 bits per heavy atom. The molecule has 4 rings (SSSR count). The van der Waals surface area contributed by atoms with Gasteiger partial charge in [0.05, 0.1) is 11.6 Å². The molecule has 2 fully saturated rings. The predicted octanol–water partition coefficient (Wildman–Crippen LogP) is 1.78. The number of ether oxygens (including phenoxy) is 1. The third-order valence-corrected chi connectivity index (χ3v) is 5.65. The molecule has 7 heteroatoms. The molecule has 0 radical (unpaired) electrons. The van der Waals surface area contributed by atoms with Gasteiger partial charge in [-0.25, -0.2) is 4.79 Å². The topological polar surface area (TPSA) is 85.3 Å². The lowest BCUT2D eigenvalue weighted by Gasteiger charge is -2.31. The van der Waals surface area contributed by atoms with Crippen molar-refractivity contribution in [1.29, 1.82) is 0 Å². The van der Waals surface area contributed by atoms with E-state index in [4.69, 9.17) is 4.74 Å². The van der Waals surface area contributed by atoms with Crippen LogP contribution in [0, 0.1) is 5.92 Å². The highest BCUT2D eigenvalue weighted by molar-refractivity contribution is 6.03. The van der Waals surface area contributed by atoms with Crippen molar-refractivity contribution >= 4 is 11.7 Å². The maximum Gasteiger partial charge on any atom is 0.351 e. The van der Waals surface area contributed by atoms with Crippen molar-refractivity contribution < 1.29 is 9.53 Å². The molecule has 3 heterocycles. The van der Waals surface area contributed by atoms with Crippen molar-refractivity contribution in [3.63, 3.8) is 0 Å². The molecule has 2 aliphatic heterocycles. The van der Waals surface area contributed by atoms with E-state index in [1.165, 1.54) is 4.57 Å². The molecule has 26 heavy (non-hydrogen) atoms. The molecule has 2 saturated heterocycles. The Kier molecular flexibility index (Phi) is 4.13. The van der Waals surface area contributed by atoms with Crippen LogP contribution in [0.25, 0.3) is 0 Å². The minimum absolute atomic E-state index is 0.0826. The first-order chi connectivity index (χ1) is 12.5. The third kappa shape index (κ3) is 2.64. The molecular formula is C19H22N4O3. The van der Waals surface area contributed by atoms with Crippen molar-refractivity contribution in [2.75, 3.05) is 11.9 Å². The fourth-order valence-electron chi connectivity index (χ4n) is 3.98. The lowest BCUT2D eigenvalue weighted by molar-refractivity contribution is -0.102. The summed E-state index contributed by atoms with van der Waals surface area (Å²) < 4.78 is 7.74. The molecule has 1 aromatic heterocycles. The second-order valence-electron chi connectivity index (χ2n) is 6.94. The van der Waals surface area contributed by atoms with E-state index in [0.29, 0.717) is 11.5 Å². The highest BCUT2D eigenvalue weighted by Gasteiger charge is 2.57. The smallest absolute Gasteiger partial charge is 0.348 e. The predicted molar refractivity (Wildman–Crippen MR) is 97.0 cm³/mol. The van der Waals surface area contributed by atoms with Crippen molar-refractivity contribution in [3.05, 3.63) is 58.6 Å². The molecule has 0 saturated carbocycles. The first-order valence-corrected chi connectivity index (χ1v) is 8.91. The number of morpholine rings is 1. The number of carbonyl (C=O) groups excluding carboxylic acids is 1. The maximum absolute atomic E-state index is 12.5. The summed E-state index contributed by atoms with van der Waals surface area (Å²) in [5.41, 5.74) is -0.152. The molecule has 1 amide bonds. The van der Waals surface area contributed by atoms with E-state index in [9.17, 15) is 9.59 Å². The standard InChI is InChI=1S/C19H22N4O3/c1-3-19-11-20-15(12(19)2)17(26-19)23-10-9-14(22-18(23)25)21-16(24)13-7-5-4-6-8-13/h4-10,12,15,17,20H,3,11H2,1-2H3,(H,21,22,24,25)/t12-,15+,17+,19-/m0/s1. The Morgan fingerprint density at radius 1 is 1.38 bits per heavy atom. The average molecular weight is 354 g/mol. The van der Waals surface area contributed by atoms with Crippen LogP contribution in [0.5, 0.6) is 0 Å². The van der Waals surface area contributed by atoms with Crippen molar-refractivity contribution in [2.24, 2.45) is 5.92 Å². The van der Waals surface area contributed by atoms with Crippen LogP contribution in [-0.2, 0) is 4.74 Å². The zero-order valence-corrected chi connectivity index (χ0v) is 14.8. The SMILES string of the molecule is CC[C@@]12CN[C@@H]([C@H](n3ccc(NC(=O)c4ccccc4)nc3=O)O1)[C@@H]2C. The van der Waals surface area contributed by atoms with Crippen LogP contribution < -0.4 is 16.3 Å². The average Bonchev–Trinajstić information content (AvgIpc) is 3.13. The van der Waals surface area contributed by atoms with E-state index in [1.807, 2.05) is 6.07 Å². The van der Waals surface area contributed by atoms with E-state index in [1.54, 1.807) is 36.5 Å². The van der Waals surface area contributed by atoms with Gasteiger partial charge in [-0.3, -0.25) is 9.36 Å². The van der Waals surface area contributed by atoms with Gasteiger partial charge in [0, 0.05) is 24.2 Å². The number of hydrogen-bond donors (Lipinski definition) is 2. The Morgan fingerprint density at radius 3 is 2.81 bits per heavy atom. The fourth-order valence-corrected chi connectivity index (χ4v) is 3.98. The number of amides is 1. The molecule has 0 unspecified atom stereocenters. The number of rotatable bonds is 4. The summed E-state index contributed by atoms with van der Waals surface area (Å²) in [7, 11) is 0. The fraction of sp³-hybridized carbons (Fsp3) is 0.421. The van der Waals surface area contributed by atoms with Gasteiger partial charge >= 0.3 is 5.69 Å². The number of benzene rings is 1. The van der Waals surface area contributed by atoms with Gasteiger partial charge in [-0.05, 0) is 24.6 Å². The zero-order valence-electron chi connectivity index (χ0n) is 14.8. The van der Waals surface area contributed by atoms with Crippen LogP contribution in [0.4, 0.5) is 5.82 Å². The summed E-state index contributed by atoms with van der Waals surface area (Å²) in [5.74, 6) is 0.253. The highest BCUT2D eigenvalue weighted by Crippen LogP contribution is 2.46. The molecule has 0 aliphatic carbocycles. The Hall–Kier alpha value is -2.51. The van der Waals surface area contributed by atoms with Crippen molar-refractivity contribution in [3.8, 4) is 0 Å². The van der Waals surface area contributed by atoms with Crippen LogP contribution in [0.1, 0.15) is 36.9 Å². The summed E-state index contributed by atoms with van der Waals surface area (Å²) in [5, 5.41) is 6.12. The molecule has 2 N–H and O–H groups in total. The summed E-state index contributed by atoms with van der Waals surface area (Å²) in [4.78, 5) is 28.7. The second-order valence-corrected chi connectivity index (χ2v) is 6.94. The Bertz CT molecular complexity index is 882. The molecule has 2 aromatic rings. The van der Waals surface area contributed by atoms with Gasteiger partial charge in [0.1, 0.15) is 5.82 Å². The highest BCUT2D eigenvalue weighted by atomic mass is 16.5. The number of fused-ring (bicyclic) bond motifs is 2. The van der Waals surface area contributed by atoms with Crippen LogP contribution >= 0.6 is 0 Å². The number of nitrogens with one attached hydrogen (secondary N) is 2. The van der Waals surface area contributed by atoms with Crippen molar-refractivity contribution in [1.82, 2.24) is 14.9 Å². The molecule has 7 nitrogen and oxygen atoms in total. The first-order valence-electron chi connectivity index (χ1n) is 8.91. The normalized spacial score (nSPS) is 29.7. The van der Waals surface area contributed by atoms with E-state index in [2.05, 4.69) is 29.5 Å². The van der Waals surface area contributed by atoms with Gasteiger partial charge in [0.2, 0.25) is 0 Å². The third-order valence-electron chi connectivity index (χ3n) is 5.65. The van der Waals surface area contributed by atoms with Crippen LogP contribution in [0.3, 0.4) is 0 Å². The van der Waals surface area contributed by atoms with Gasteiger partial charge < -0.3 is 15.4 Å². The summed E-state index contributed by atoms with van der Waals surface area (Å²) in [6.45, 7) is 5.06. The zero-order chi connectivity index (χ0) is 18.3. The van der Waals surface area contributed by atoms with Crippen LogP contribution in [-0.4, -0.2) is 33.6 Å². The van der Waals surface area contributed by atoms with E-state index in [-0.39, 0.29) is 29.6 Å².